The molecule has 1 heterocycles. The Morgan fingerprint density at radius 1 is 1.22 bits per heavy atom. The number of carbonyl (C=O) groups is 1. The van der Waals surface area contributed by atoms with Gasteiger partial charge >= 0.3 is 11.6 Å². The summed E-state index contributed by atoms with van der Waals surface area (Å²) in [5, 5.41) is 20.9. The van der Waals surface area contributed by atoms with E-state index in [1.165, 1.54) is 0 Å². The van der Waals surface area contributed by atoms with Crippen LogP contribution < -0.4 is 10.3 Å². The summed E-state index contributed by atoms with van der Waals surface area (Å²) in [6.45, 7) is 1.65. The van der Waals surface area contributed by atoms with Gasteiger partial charge in [0, 0.05) is 17.0 Å². The van der Waals surface area contributed by atoms with Crippen molar-refractivity contribution in [2.24, 2.45) is 0 Å². The molecule has 3 rings (SSSR count). The number of hydrogen-bond donors (Lipinski definition) is 3. The first-order valence-corrected chi connectivity index (χ1v) is 8.96. The van der Waals surface area contributed by atoms with Gasteiger partial charge in [-0.05, 0) is 25.1 Å². The van der Waals surface area contributed by atoms with Crippen LogP contribution in [0.2, 0.25) is 0 Å². The summed E-state index contributed by atoms with van der Waals surface area (Å²) >= 11 is 0. The lowest BCUT2D eigenvalue weighted by molar-refractivity contribution is -0.386. The highest BCUT2D eigenvalue weighted by Gasteiger charge is 2.23. The number of fused-ring (bicyclic) bond motifs is 1. The number of amides is 1. The van der Waals surface area contributed by atoms with Gasteiger partial charge in [-0.15, -0.1) is 4.83 Å². The summed E-state index contributed by atoms with van der Waals surface area (Å²) in [4.78, 5) is 23.5. The van der Waals surface area contributed by atoms with E-state index in [1.807, 2.05) is 10.3 Å². The van der Waals surface area contributed by atoms with Crippen LogP contribution in [0.25, 0.3) is 11.0 Å². The van der Waals surface area contributed by atoms with Gasteiger partial charge in [-0.1, -0.05) is 18.2 Å². The molecule has 10 nitrogen and oxygen atoms in total. The molecule has 2 aromatic carbocycles. The SMILES string of the molecule is Cc1c(C(=O)NNS(=O)(=O)c2ccc(O)c([N+](=O)[O-])c2)oc2ccccc12. The molecule has 3 aromatic rings. The second kappa shape index (κ2) is 6.70. The monoisotopic (exact) mass is 391 g/mol. The van der Waals surface area contributed by atoms with E-state index in [0.29, 0.717) is 22.6 Å². The number of rotatable bonds is 5. The Morgan fingerprint density at radius 2 is 1.93 bits per heavy atom. The number of phenolic OH excluding ortho intramolecular Hbond substituents is 1. The van der Waals surface area contributed by atoms with Crippen molar-refractivity contribution in [3.05, 3.63) is 63.9 Å². The van der Waals surface area contributed by atoms with Crippen LogP contribution >= 0.6 is 0 Å². The number of nitro benzene ring substituents is 1. The molecule has 0 bridgehead atoms. The first-order valence-electron chi connectivity index (χ1n) is 7.48. The van der Waals surface area contributed by atoms with Crippen LogP contribution in [-0.4, -0.2) is 24.4 Å². The fourth-order valence-corrected chi connectivity index (χ4v) is 3.30. The molecule has 0 atom stereocenters. The standard InChI is InChI=1S/C16H13N3O7S/c1-9-11-4-2-3-5-14(11)26-15(9)16(21)17-18-27(24,25)10-6-7-13(20)12(8-10)19(22)23/h2-8,18,20H,1H3,(H,17,21). The Morgan fingerprint density at radius 3 is 2.59 bits per heavy atom. The van der Waals surface area contributed by atoms with Gasteiger partial charge in [-0.3, -0.25) is 20.3 Å². The number of para-hydroxylation sites is 1. The third-order valence-corrected chi connectivity index (χ3v) is 5.05. The van der Waals surface area contributed by atoms with Gasteiger partial charge < -0.3 is 9.52 Å². The molecule has 0 aliphatic carbocycles. The van der Waals surface area contributed by atoms with E-state index >= 15 is 0 Å². The number of aryl methyl sites for hydroxylation is 1. The van der Waals surface area contributed by atoms with E-state index in [2.05, 4.69) is 0 Å². The summed E-state index contributed by atoms with van der Waals surface area (Å²) < 4.78 is 29.9. The van der Waals surface area contributed by atoms with E-state index in [9.17, 15) is 28.4 Å². The Hall–Kier alpha value is -3.44. The molecule has 0 aliphatic rings. The van der Waals surface area contributed by atoms with E-state index in [0.717, 1.165) is 12.1 Å². The number of sulfonamides is 1. The fraction of sp³-hybridized carbons (Fsp3) is 0.0625. The van der Waals surface area contributed by atoms with E-state index in [4.69, 9.17) is 4.42 Å². The van der Waals surface area contributed by atoms with Gasteiger partial charge in [0.25, 0.3) is 10.0 Å². The normalized spacial score (nSPS) is 11.4. The highest BCUT2D eigenvalue weighted by Crippen LogP contribution is 2.28. The van der Waals surface area contributed by atoms with Gasteiger partial charge in [0.1, 0.15) is 5.58 Å². The molecule has 0 saturated carbocycles. The molecule has 0 spiro atoms. The molecule has 0 unspecified atom stereocenters. The lowest BCUT2D eigenvalue weighted by Crippen LogP contribution is -2.41. The van der Waals surface area contributed by atoms with Gasteiger partial charge in [0.2, 0.25) is 0 Å². The number of benzene rings is 2. The summed E-state index contributed by atoms with van der Waals surface area (Å²) in [6.07, 6.45) is 0. The number of hydrazine groups is 1. The Bertz CT molecular complexity index is 1170. The Kier molecular flexibility index (Phi) is 4.56. The van der Waals surface area contributed by atoms with Gasteiger partial charge in [0.15, 0.2) is 11.5 Å². The summed E-state index contributed by atoms with van der Waals surface area (Å²) in [5.41, 5.74) is 2.22. The summed E-state index contributed by atoms with van der Waals surface area (Å²) in [7, 11) is -4.32. The lowest BCUT2D eigenvalue weighted by Gasteiger charge is -2.08. The Balaban J connectivity index is 1.82. The third kappa shape index (κ3) is 3.45. The minimum Gasteiger partial charge on any atom is -0.502 e. The summed E-state index contributed by atoms with van der Waals surface area (Å²) in [6, 6.07) is 9.43. The maximum atomic E-state index is 12.3. The molecule has 1 aromatic heterocycles. The zero-order valence-electron chi connectivity index (χ0n) is 13.8. The molecule has 27 heavy (non-hydrogen) atoms. The van der Waals surface area contributed by atoms with Crippen LogP contribution in [0.5, 0.6) is 5.75 Å². The minimum absolute atomic E-state index is 0.0735. The number of phenols is 1. The van der Waals surface area contributed by atoms with E-state index in [-0.39, 0.29) is 5.76 Å². The number of hydrogen-bond acceptors (Lipinski definition) is 7. The average Bonchev–Trinajstić information content (AvgIpc) is 2.97. The number of nitrogens with one attached hydrogen (secondary N) is 2. The quantitative estimate of drug-likeness (QED) is 0.444. The van der Waals surface area contributed by atoms with Crippen LogP contribution in [0.3, 0.4) is 0 Å². The van der Waals surface area contributed by atoms with Gasteiger partial charge in [0.05, 0.1) is 9.82 Å². The van der Waals surface area contributed by atoms with Crippen molar-refractivity contribution >= 4 is 32.6 Å². The maximum absolute atomic E-state index is 12.3. The number of nitro groups is 1. The van der Waals surface area contributed by atoms with Crippen molar-refractivity contribution in [3.8, 4) is 5.75 Å². The molecule has 140 valence electrons. The van der Waals surface area contributed by atoms with Crippen LogP contribution in [0, 0.1) is 17.0 Å². The van der Waals surface area contributed by atoms with Crippen molar-refractivity contribution in [1.82, 2.24) is 10.3 Å². The number of aromatic hydroxyl groups is 1. The molecule has 3 N–H and O–H groups in total. The number of furan rings is 1. The number of carbonyl (C=O) groups excluding carboxylic acids is 1. The predicted octanol–water partition coefficient (Wildman–Crippen LogP) is 1.98. The highest BCUT2D eigenvalue weighted by molar-refractivity contribution is 7.89. The molecule has 0 fully saturated rings. The molecule has 11 heteroatoms. The maximum Gasteiger partial charge on any atom is 0.312 e. The van der Waals surface area contributed by atoms with Gasteiger partial charge in [-0.25, -0.2) is 8.42 Å². The van der Waals surface area contributed by atoms with E-state index < -0.39 is 37.2 Å². The lowest BCUT2D eigenvalue weighted by atomic mass is 10.1. The minimum atomic E-state index is -4.32. The van der Waals surface area contributed by atoms with Crippen molar-refractivity contribution < 1.29 is 27.7 Å². The van der Waals surface area contributed by atoms with Gasteiger partial charge in [-0.2, -0.15) is 0 Å². The second-order valence-corrected chi connectivity index (χ2v) is 7.20. The third-order valence-electron chi connectivity index (χ3n) is 3.80. The van der Waals surface area contributed by atoms with Crippen LogP contribution in [0.15, 0.2) is 51.8 Å². The first kappa shape index (κ1) is 18.4. The van der Waals surface area contributed by atoms with Crippen molar-refractivity contribution in [1.29, 1.82) is 0 Å². The number of nitrogens with zero attached hydrogens (tertiary/aromatic N) is 1. The fourth-order valence-electron chi connectivity index (χ4n) is 2.44. The molecular weight excluding hydrogens is 378 g/mol. The van der Waals surface area contributed by atoms with Crippen molar-refractivity contribution in [2.45, 2.75) is 11.8 Å². The molecule has 0 aliphatic heterocycles. The summed E-state index contributed by atoms with van der Waals surface area (Å²) in [5.74, 6) is -1.59. The highest BCUT2D eigenvalue weighted by atomic mass is 32.2. The molecule has 0 saturated heterocycles. The van der Waals surface area contributed by atoms with Crippen molar-refractivity contribution in [3.63, 3.8) is 0 Å². The smallest absolute Gasteiger partial charge is 0.312 e. The topological polar surface area (TPSA) is 152 Å². The largest absolute Gasteiger partial charge is 0.502 e. The predicted molar refractivity (Wildman–Crippen MR) is 93.5 cm³/mol. The second-order valence-electron chi connectivity index (χ2n) is 5.52. The zero-order chi connectivity index (χ0) is 19.8. The molecular formula is C16H13N3O7S. The van der Waals surface area contributed by atoms with Crippen molar-refractivity contribution in [2.75, 3.05) is 0 Å². The molecule has 1 amide bonds. The van der Waals surface area contributed by atoms with E-state index in [1.54, 1.807) is 31.2 Å². The molecule has 0 radical (unpaired) electrons. The Labute approximate surface area is 152 Å². The van der Waals surface area contributed by atoms with Crippen LogP contribution in [-0.2, 0) is 10.0 Å². The first-order chi connectivity index (χ1) is 12.7. The van der Waals surface area contributed by atoms with Crippen LogP contribution in [0.1, 0.15) is 16.1 Å². The zero-order valence-corrected chi connectivity index (χ0v) is 14.6. The van der Waals surface area contributed by atoms with Crippen LogP contribution in [0.4, 0.5) is 5.69 Å². The average molecular weight is 391 g/mol.